The van der Waals surface area contributed by atoms with Crippen LogP contribution in [0.4, 0.5) is 0 Å². The molecule has 1 aromatic carbocycles. The van der Waals surface area contributed by atoms with Crippen LogP contribution in [0.5, 0.6) is 0 Å². The summed E-state index contributed by atoms with van der Waals surface area (Å²) in [6.07, 6.45) is 0.372. The van der Waals surface area contributed by atoms with Gasteiger partial charge in [0.1, 0.15) is 0 Å². The number of nitrogens with zero attached hydrogens (tertiary/aromatic N) is 2. The van der Waals surface area contributed by atoms with E-state index in [9.17, 15) is 4.79 Å². The number of hydrogen-bond donors (Lipinski definition) is 0. The van der Waals surface area contributed by atoms with Crippen molar-refractivity contribution < 1.29 is 4.79 Å². The van der Waals surface area contributed by atoms with Gasteiger partial charge >= 0.3 is 0 Å². The highest BCUT2D eigenvalue weighted by Crippen LogP contribution is 2.20. The van der Waals surface area contributed by atoms with Crippen LogP contribution in [0, 0.1) is 11.3 Å². The fourth-order valence-electron chi connectivity index (χ4n) is 1.32. The molecule has 0 saturated heterocycles. The third-order valence-corrected chi connectivity index (χ3v) is 3.76. The van der Waals surface area contributed by atoms with E-state index in [2.05, 4.69) is 0 Å². The molecule has 1 rings (SSSR count). The van der Waals surface area contributed by atoms with Crippen LogP contribution in [0.1, 0.15) is 12.0 Å². The van der Waals surface area contributed by atoms with Gasteiger partial charge in [0.2, 0.25) is 5.91 Å². The summed E-state index contributed by atoms with van der Waals surface area (Å²) in [4.78, 5) is 13.3. The maximum absolute atomic E-state index is 11.7. The molecule has 0 saturated carbocycles. The number of thioether (sulfide) groups is 1. The fraction of sp³-hybridized carbons (Fsp3) is 0.385. The lowest BCUT2D eigenvalue weighted by molar-refractivity contribution is -0.127. The Balaban J connectivity index is 2.32. The first-order valence-electron chi connectivity index (χ1n) is 5.57. The number of hydrogen-bond acceptors (Lipinski definition) is 3. The molecule has 0 aliphatic carbocycles. The molecule has 0 spiro atoms. The molecule has 0 N–H and O–H groups in total. The van der Waals surface area contributed by atoms with Crippen molar-refractivity contribution in [2.45, 2.75) is 12.2 Å². The molecular weight excluding hydrogens is 268 g/mol. The Morgan fingerprint density at radius 3 is 2.89 bits per heavy atom. The van der Waals surface area contributed by atoms with Gasteiger partial charge < -0.3 is 4.90 Å². The molecule has 0 aromatic heterocycles. The first kappa shape index (κ1) is 14.9. The molecule has 5 heteroatoms. The number of benzene rings is 1. The summed E-state index contributed by atoms with van der Waals surface area (Å²) in [5, 5.41) is 9.18. The predicted molar refractivity (Wildman–Crippen MR) is 75.5 cm³/mol. The van der Waals surface area contributed by atoms with E-state index in [1.165, 1.54) is 11.8 Å². The van der Waals surface area contributed by atoms with E-state index >= 15 is 0 Å². The second kappa shape index (κ2) is 8.02. The van der Waals surface area contributed by atoms with Crippen LogP contribution in [-0.4, -0.2) is 30.2 Å². The minimum Gasteiger partial charge on any atom is -0.344 e. The van der Waals surface area contributed by atoms with Crippen LogP contribution < -0.4 is 0 Å². The highest BCUT2D eigenvalue weighted by molar-refractivity contribution is 7.99. The lowest BCUT2D eigenvalue weighted by Crippen LogP contribution is -2.29. The molecule has 1 amide bonds. The van der Waals surface area contributed by atoms with Gasteiger partial charge in [0, 0.05) is 24.4 Å². The van der Waals surface area contributed by atoms with Crippen molar-refractivity contribution in [3.63, 3.8) is 0 Å². The van der Waals surface area contributed by atoms with Gasteiger partial charge in [-0.1, -0.05) is 29.8 Å². The monoisotopic (exact) mass is 282 g/mol. The van der Waals surface area contributed by atoms with Gasteiger partial charge in [-0.25, -0.2) is 0 Å². The first-order chi connectivity index (χ1) is 8.65. The van der Waals surface area contributed by atoms with Crippen LogP contribution in [0.25, 0.3) is 0 Å². The number of carbonyl (C=O) groups is 1. The van der Waals surface area contributed by atoms with Gasteiger partial charge in [-0.2, -0.15) is 5.26 Å². The summed E-state index contributed by atoms with van der Waals surface area (Å²) in [6, 6.07) is 9.65. The predicted octanol–water partition coefficient (Wildman–Crippen LogP) is 2.95. The molecule has 0 aliphatic heterocycles. The Kier molecular flexibility index (Phi) is 6.63. The van der Waals surface area contributed by atoms with Crippen molar-refractivity contribution in [3.8, 4) is 6.07 Å². The number of halogens is 1. The van der Waals surface area contributed by atoms with E-state index in [1.54, 1.807) is 11.9 Å². The molecule has 96 valence electrons. The Hall–Kier alpha value is -1.18. The van der Waals surface area contributed by atoms with E-state index < -0.39 is 0 Å². The van der Waals surface area contributed by atoms with E-state index in [0.717, 1.165) is 16.3 Å². The SMILES string of the molecule is CN(CCC#N)C(=O)CSCc1ccccc1Cl. The van der Waals surface area contributed by atoms with Gasteiger partial charge in [0.15, 0.2) is 0 Å². The van der Waals surface area contributed by atoms with Crippen molar-refractivity contribution in [2.24, 2.45) is 0 Å². The zero-order chi connectivity index (χ0) is 13.4. The van der Waals surface area contributed by atoms with Gasteiger partial charge in [-0.15, -0.1) is 11.8 Å². The molecule has 0 atom stereocenters. The average Bonchev–Trinajstić information content (AvgIpc) is 2.38. The Morgan fingerprint density at radius 2 is 2.22 bits per heavy atom. The van der Waals surface area contributed by atoms with Gasteiger partial charge in [-0.05, 0) is 11.6 Å². The van der Waals surface area contributed by atoms with Gasteiger partial charge in [0.05, 0.1) is 18.2 Å². The number of rotatable bonds is 6. The highest BCUT2D eigenvalue weighted by atomic mass is 35.5. The van der Waals surface area contributed by atoms with Gasteiger partial charge in [0.25, 0.3) is 0 Å². The van der Waals surface area contributed by atoms with Crippen LogP contribution in [0.3, 0.4) is 0 Å². The van der Waals surface area contributed by atoms with Crippen molar-refractivity contribution in [1.82, 2.24) is 4.90 Å². The fourth-order valence-corrected chi connectivity index (χ4v) is 2.57. The van der Waals surface area contributed by atoms with Crippen molar-refractivity contribution in [2.75, 3.05) is 19.3 Å². The lowest BCUT2D eigenvalue weighted by atomic mass is 10.2. The maximum Gasteiger partial charge on any atom is 0.232 e. The van der Waals surface area contributed by atoms with Crippen molar-refractivity contribution >= 4 is 29.3 Å². The van der Waals surface area contributed by atoms with E-state index in [1.807, 2.05) is 30.3 Å². The largest absolute Gasteiger partial charge is 0.344 e. The van der Waals surface area contributed by atoms with Crippen molar-refractivity contribution in [3.05, 3.63) is 34.9 Å². The number of nitriles is 1. The molecule has 3 nitrogen and oxygen atoms in total. The second-order valence-electron chi connectivity index (χ2n) is 3.81. The molecular formula is C13H15ClN2OS. The van der Waals surface area contributed by atoms with Gasteiger partial charge in [-0.3, -0.25) is 4.79 Å². The smallest absolute Gasteiger partial charge is 0.232 e. The Bertz CT molecular complexity index is 445. The molecule has 0 unspecified atom stereocenters. The number of carbonyl (C=O) groups excluding carboxylic acids is 1. The third-order valence-electron chi connectivity index (χ3n) is 2.43. The van der Waals surface area contributed by atoms with Crippen LogP contribution in [-0.2, 0) is 10.5 Å². The normalized spacial score (nSPS) is 9.83. The molecule has 0 fully saturated rings. The average molecular weight is 283 g/mol. The summed E-state index contributed by atoms with van der Waals surface area (Å²) in [7, 11) is 1.72. The summed E-state index contributed by atoms with van der Waals surface area (Å²) in [5.41, 5.74) is 1.04. The third kappa shape index (κ3) is 4.99. The quantitative estimate of drug-likeness (QED) is 0.806. The standard InChI is InChI=1S/C13H15ClN2OS/c1-16(8-4-7-15)13(17)10-18-9-11-5-2-3-6-12(11)14/h2-3,5-6H,4,8-10H2,1H3. The van der Waals surface area contributed by atoms with Crippen LogP contribution in [0.15, 0.2) is 24.3 Å². The summed E-state index contributed by atoms with van der Waals surface area (Å²) in [6.45, 7) is 0.488. The molecule has 1 aromatic rings. The summed E-state index contributed by atoms with van der Waals surface area (Å²) < 4.78 is 0. The Morgan fingerprint density at radius 1 is 1.50 bits per heavy atom. The zero-order valence-electron chi connectivity index (χ0n) is 10.2. The van der Waals surface area contributed by atoms with Crippen LogP contribution >= 0.6 is 23.4 Å². The first-order valence-corrected chi connectivity index (χ1v) is 7.10. The van der Waals surface area contributed by atoms with Crippen LogP contribution in [0.2, 0.25) is 5.02 Å². The minimum absolute atomic E-state index is 0.0438. The molecule has 18 heavy (non-hydrogen) atoms. The molecule has 0 bridgehead atoms. The van der Waals surface area contributed by atoms with E-state index in [4.69, 9.17) is 16.9 Å². The number of amides is 1. The van der Waals surface area contributed by atoms with Crippen molar-refractivity contribution in [1.29, 1.82) is 5.26 Å². The second-order valence-corrected chi connectivity index (χ2v) is 5.20. The maximum atomic E-state index is 11.7. The topological polar surface area (TPSA) is 44.1 Å². The zero-order valence-corrected chi connectivity index (χ0v) is 11.8. The summed E-state index contributed by atoms with van der Waals surface area (Å²) >= 11 is 7.56. The molecule has 0 radical (unpaired) electrons. The minimum atomic E-state index is 0.0438. The summed E-state index contributed by atoms with van der Waals surface area (Å²) in [5.74, 6) is 1.17. The Labute approximate surface area is 117 Å². The highest BCUT2D eigenvalue weighted by Gasteiger charge is 2.08. The lowest BCUT2D eigenvalue weighted by Gasteiger charge is -2.15. The molecule has 0 aliphatic rings. The molecule has 0 heterocycles. The van der Waals surface area contributed by atoms with E-state index in [-0.39, 0.29) is 5.91 Å². The van der Waals surface area contributed by atoms with E-state index in [0.29, 0.717) is 18.7 Å².